The largest absolute Gasteiger partial charge is 0.497 e. The highest BCUT2D eigenvalue weighted by molar-refractivity contribution is 5.79. The Labute approximate surface area is 169 Å². The first kappa shape index (κ1) is 19.5. The highest BCUT2D eigenvalue weighted by atomic mass is 16.5. The van der Waals surface area contributed by atoms with E-state index in [1.807, 2.05) is 24.3 Å². The van der Waals surface area contributed by atoms with Crippen LogP contribution in [0.1, 0.15) is 44.1 Å². The lowest BCUT2D eigenvalue weighted by molar-refractivity contribution is -0.134. The molecule has 4 rings (SSSR count). The van der Waals surface area contributed by atoms with Gasteiger partial charge in [0.05, 0.1) is 13.5 Å². The zero-order valence-corrected chi connectivity index (χ0v) is 17.2. The Morgan fingerprint density at radius 3 is 2.93 bits per heavy atom. The Morgan fingerprint density at radius 1 is 1.18 bits per heavy atom. The van der Waals surface area contributed by atoms with Crippen molar-refractivity contribution in [3.05, 3.63) is 42.0 Å². The summed E-state index contributed by atoms with van der Waals surface area (Å²) < 4.78 is 5.29. The molecule has 0 aromatic heterocycles. The smallest absolute Gasteiger partial charge is 0.227 e. The van der Waals surface area contributed by atoms with E-state index in [1.54, 1.807) is 7.11 Å². The fraction of sp³-hybridized carbons (Fsp3) is 0.625. The van der Waals surface area contributed by atoms with Crippen molar-refractivity contribution in [1.29, 1.82) is 0 Å². The number of hydrogen-bond donors (Lipinski definition) is 0. The van der Waals surface area contributed by atoms with Crippen molar-refractivity contribution in [2.75, 3.05) is 33.3 Å². The predicted molar refractivity (Wildman–Crippen MR) is 112 cm³/mol. The molecule has 152 valence electrons. The molecule has 2 saturated heterocycles. The molecule has 0 radical (unpaired) electrons. The van der Waals surface area contributed by atoms with E-state index in [9.17, 15) is 4.79 Å². The number of carbonyl (C=O) groups excluding carboxylic acids is 1. The van der Waals surface area contributed by atoms with Crippen molar-refractivity contribution in [2.45, 2.75) is 51.0 Å². The van der Waals surface area contributed by atoms with Crippen molar-refractivity contribution in [3.8, 4) is 5.75 Å². The van der Waals surface area contributed by atoms with Crippen molar-refractivity contribution >= 4 is 5.91 Å². The van der Waals surface area contributed by atoms with Crippen LogP contribution in [0.25, 0.3) is 0 Å². The molecule has 4 heteroatoms. The van der Waals surface area contributed by atoms with E-state index in [0.717, 1.165) is 36.7 Å². The van der Waals surface area contributed by atoms with Gasteiger partial charge in [-0.05, 0) is 74.6 Å². The van der Waals surface area contributed by atoms with Gasteiger partial charge < -0.3 is 9.64 Å². The van der Waals surface area contributed by atoms with Gasteiger partial charge in [-0.3, -0.25) is 9.69 Å². The number of likely N-dealkylation sites (tertiary alicyclic amines) is 2. The average Bonchev–Trinajstić information content (AvgIpc) is 2.74. The lowest BCUT2D eigenvalue weighted by atomic mass is 9.82. The van der Waals surface area contributed by atoms with Gasteiger partial charge in [0.25, 0.3) is 0 Å². The Balaban J connectivity index is 1.33. The summed E-state index contributed by atoms with van der Waals surface area (Å²) in [5.74, 6) is 2.57. The maximum atomic E-state index is 12.9. The number of benzene rings is 1. The SMILES string of the molecule is COc1cccc(CC(=O)N2CC[C@@H]3[C@H](CCCN3CC3CC=CCC3)C2)c1. The van der Waals surface area contributed by atoms with Gasteiger partial charge >= 0.3 is 0 Å². The van der Waals surface area contributed by atoms with E-state index in [-0.39, 0.29) is 5.91 Å². The number of piperidine rings is 2. The molecule has 0 spiro atoms. The first-order valence-corrected chi connectivity index (χ1v) is 11.0. The highest BCUT2D eigenvalue weighted by Gasteiger charge is 2.37. The van der Waals surface area contributed by atoms with Crippen molar-refractivity contribution in [2.24, 2.45) is 11.8 Å². The molecule has 2 fully saturated rings. The summed E-state index contributed by atoms with van der Waals surface area (Å²) in [6.07, 6.45) is 12.7. The van der Waals surface area contributed by atoms with Gasteiger partial charge in [0.1, 0.15) is 5.75 Å². The summed E-state index contributed by atoms with van der Waals surface area (Å²) in [5.41, 5.74) is 1.04. The third-order valence-electron chi connectivity index (χ3n) is 6.90. The molecule has 0 bridgehead atoms. The minimum atomic E-state index is 0.265. The average molecular weight is 383 g/mol. The second kappa shape index (κ2) is 9.13. The van der Waals surface area contributed by atoms with Crippen LogP contribution >= 0.6 is 0 Å². The van der Waals surface area contributed by atoms with E-state index >= 15 is 0 Å². The molecule has 4 nitrogen and oxygen atoms in total. The van der Waals surface area contributed by atoms with Crippen LogP contribution < -0.4 is 4.74 Å². The second-order valence-corrected chi connectivity index (χ2v) is 8.77. The van der Waals surface area contributed by atoms with Crippen LogP contribution in [0.2, 0.25) is 0 Å². The van der Waals surface area contributed by atoms with Crippen LogP contribution in [-0.2, 0) is 11.2 Å². The van der Waals surface area contributed by atoms with Crippen LogP contribution in [0.5, 0.6) is 5.75 Å². The number of nitrogens with zero attached hydrogens (tertiary/aromatic N) is 2. The fourth-order valence-corrected chi connectivity index (χ4v) is 5.38. The summed E-state index contributed by atoms with van der Waals surface area (Å²) in [6, 6.07) is 8.57. The Bertz CT molecular complexity index is 702. The minimum Gasteiger partial charge on any atom is -0.497 e. The Hall–Kier alpha value is -1.81. The van der Waals surface area contributed by atoms with E-state index in [2.05, 4.69) is 22.0 Å². The molecule has 0 N–H and O–H groups in total. The van der Waals surface area contributed by atoms with E-state index in [1.165, 1.54) is 45.2 Å². The van der Waals surface area contributed by atoms with Gasteiger partial charge in [0.2, 0.25) is 5.91 Å². The van der Waals surface area contributed by atoms with Crippen LogP contribution in [0.3, 0.4) is 0 Å². The molecule has 3 atom stereocenters. The molecule has 1 aromatic rings. The zero-order chi connectivity index (χ0) is 19.3. The molecule has 1 unspecified atom stereocenters. The van der Waals surface area contributed by atoms with Crippen molar-refractivity contribution in [3.63, 3.8) is 0 Å². The number of amides is 1. The Morgan fingerprint density at radius 2 is 2.11 bits per heavy atom. The highest BCUT2D eigenvalue weighted by Crippen LogP contribution is 2.33. The van der Waals surface area contributed by atoms with Crippen LogP contribution in [0, 0.1) is 11.8 Å². The maximum Gasteiger partial charge on any atom is 0.227 e. The van der Waals surface area contributed by atoms with Crippen LogP contribution in [-0.4, -0.2) is 55.0 Å². The summed E-state index contributed by atoms with van der Waals surface area (Å²) in [6.45, 7) is 4.35. The molecule has 2 aliphatic heterocycles. The molecule has 1 amide bonds. The van der Waals surface area contributed by atoms with Crippen molar-refractivity contribution in [1.82, 2.24) is 9.80 Å². The molecule has 0 saturated carbocycles. The van der Waals surface area contributed by atoms with E-state index in [0.29, 0.717) is 18.4 Å². The standard InChI is InChI=1S/C24H34N2O2/c1-28-22-11-5-9-20(15-22)16-24(27)26-14-12-23-21(18-26)10-6-13-25(23)17-19-7-3-2-4-8-19/h2-3,5,9,11,15,19,21,23H,4,6-8,10,12-14,16-18H2,1H3/t19?,21-,23-/m1/s1. The van der Waals surface area contributed by atoms with Crippen LogP contribution in [0.15, 0.2) is 36.4 Å². The van der Waals surface area contributed by atoms with Gasteiger partial charge in [-0.1, -0.05) is 24.3 Å². The summed E-state index contributed by atoms with van der Waals surface area (Å²) in [7, 11) is 1.67. The first-order chi connectivity index (χ1) is 13.7. The topological polar surface area (TPSA) is 32.8 Å². The normalized spacial score (nSPS) is 28.0. The van der Waals surface area contributed by atoms with Crippen molar-refractivity contribution < 1.29 is 9.53 Å². The first-order valence-electron chi connectivity index (χ1n) is 11.0. The van der Waals surface area contributed by atoms with Gasteiger partial charge in [-0.25, -0.2) is 0 Å². The molecular weight excluding hydrogens is 348 g/mol. The summed E-state index contributed by atoms with van der Waals surface area (Å²) >= 11 is 0. The quantitative estimate of drug-likeness (QED) is 0.724. The zero-order valence-electron chi connectivity index (χ0n) is 17.2. The van der Waals surface area contributed by atoms with Gasteiger partial charge in [-0.15, -0.1) is 0 Å². The summed E-state index contributed by atoms with van der Waals surface area (Å²) in [4.78, 5) is 17.8. The number of allylic oxidation sites excluding steroid dienone is 2. The van der Waals surface area contributed by atoms with Gasteiger partial charge in [-0.2, -0.15) is 0 Å². The lowest BCUT2D eigenvalue weighted by Crippen LogP contribution is -2.56. The molecule has 3 aliphatic rings. The molecular formula is C24H34N2O2. The molecule has 2 heterocycles. The van der Waals surface area contributed by atoms with Gasteiger partial charge in [0.15, 0.2) is 0 Å². The number of methoxy groups -OCH3 is 1. The number of rotatable bonds is 5. The summed E-state index contributed by atoms with van der Waals surface area (Å²) in [5, 5.41) is 0. The number of hydrogen-bond acceptors (Lipinski definition) is 3. The lowest BCUT2D eigenvalue weighted by Gasteiger charge is -2.48. The number of ether oxygens (including phenoxy) is 1. The van der Waals surface area contributed by atoms with E-state index in [4.69, 9.17) is 4.74 Å². The molecule has 28 heavy (non-hydrogen) atoms. The minimum absolute atomic E-state index is 0.265. The molecule has 1 aromatic carbocycles. The van der Waals surface area contributed by atoms with Gasteiger partial charge in [0, 0.05) is 25.7 Å². The monoisotopic (exact) mass is 382 g/mol. The van der Waals surface area contributed by atoms with Crippen LogP contribution in [0.4, 0.5) is 0 Å². The fourth-order valence-electron chi connectivity index (χ4n) is 5.38. The Kier molecular flexibility index (Phi) is 6.36. The number of fused-ring (bicyclic) bond motifs is 1. The third kappa shape index (κ3) is 4.60. The third-order valence-corrected chi connectivity index (χ3v) is 6.90. The number of carbonyl (C=O) groups is 1. The second-order valence-electron chi connectivity index (χ2n) is 8.77. The maximum absolute atomic E-state index is 12.9. The molecule has 1 aliphatic carbocycles. The van der Waals surface area contributed by atoms with E-state index < -0.39 is 0 Å². The predicted octanol–water partition coefficient (Wildman–Crippen LogP) is 3.91.